The van der Waals surface area contributed by atoms with Crippen LogP contribution in [-0.4, -0.2) is 20.2 Å². The number of tetrazole rings is 1. The van der Waals surface area contributed by atoms with Crippen LogP contribution in [0.1, 0.15) is 45.1 Å². The van der Waals surface area contributed by atoms with Crippen LogP contribution in [0.15, 0.2) is 18.2 Å². The summed E-state index contributed by atoms with van der Waals surface area (Å²) in [5.74, 6) is 0.820. The Bertz CT molecular complexity index is 624. The van der Waals surface area contributed by atoms with Crippen molar-refractivity contribution >= 4 is 5.69 Å². The van der Waals surface area contributed by atoms with Crippen molar-refractivity contribution in [2.24, 2.45) is 5.92 Å². The first-order valence-electron chi connectivity index (χ1n) is 7.52. The van der Waals surface area contributed by atoms with Crippen LogP contribution in [0.3, 0.4) is 0 Å². The van der Waals surface area contributed by atoms with Crippen LogP contribution >= 0.6 is 0 Å². The van der Waals surface area contributed by atoms with Gasteiger partial charge in [-0.05, 0) is 47.4 Å². The quantitative estimate of drug-likeness (QED) is 0.881. The van der Waals surface area contributed by atoms with Crippen molar-refractivity contribution in [1.29, 1.82) is 0 Å². The molecule has 0 amide bonds. The number of anilines is 1. The van der Waals surface area contributed by atoms with Crippen LogP contribution in [0.25, 0.3) is 11.4 Å². The van der Waals surface area contributed by atoms with Gasteiger partial charge in [-0.3, -0.25) is 0 Å². The Morgan fingerprint density at radius 3 is 3.00 bits per heavy atom. The van der Waals surface area contributed by atoms with Gasteiger partial charge >= 0.3 is 0 Å². The second kappa shape index (κ2) is 5.79. The molecule has 1 aliphatic carbocycles. The van der Waals surface area contributed by atoms with Crippen molar-refractivity contribution in [3.8, 4) is 11.4 Å². The second-order valence-corrected chi connectivity index (χ2v) is 5.78. The maximum Gasteiger partial charge on any atom is 0.185 e. The summed E-state index contributed by atoms with van der Waals surface area (Å²) in [5.41, 5.74) is 6.41. The summed E-state index contributed by atoms with van der Waals surface area (Å²) in [5, 5.41) is 11.9. The summed E-state index contributed by atoms with van der Waals surface area (Å²) in [7, 11) is 0. The number of halogens is 1. The van der Waals surface area contributed by atoms with Crippen molar-refractivity contribution in [2.45, 2.75) is 45.1 Å². The SMILES string of the molecule is CCC1CCCC(n2nnnc2-c2ccc(N)cc2F)C1. The first-order valence-corrected chi connectivity index (χ1v) is 7.52. The third kappa shape index (κ3) is 2.75. The van der Waals surface area contributed by atoms with Gasteiger partial charge in [0.2, 0.25) is 0 Å². The molecule has 0 saturated heterocycles. The smallest absolute Gasteiger partial charge is 0.185 e. The molecule has 21 heavy (non-hydrogen) atoms. The summed E-state index contributed by atoms with van der Waals surface area (Å²) in [6.07, 6.45) is 5.72. The molecule has 6 heteroatoms. The van der Waals surface area contributed by atoms with E-state index in [2.05, 4.69) is 22.4 Å². The fourth-order valence-corrected chi connectivity index (χ4v) is 3.19. The Labute approximate surface area is 123 Å². The van der Waals surface area contributed by atoms with Crippen LogP contribution in [0.2, 0.25) is 0 Å². The van der Waals surface area contributed by atoms with Crippen molar-refractivity contribution in [3.05, 3.63) is 24.0 Å². The van der Waals surface area contributed by atoms with Crippen molar-refractivity contribution in [3.63, 3.8) is 0 Å². The Morgan fingerprint density at radius 1 is 1.38 bits per heavy atom. The third-order valence-electron chi connectivity index (χ3n) is 4.41. The predicted molar refractivity (Wildman–Crippen MR) is 78.9 cm³/mol. The van der Waals surface area contributed by atoms with Crippen LogP contribution in [0.5, 0.6) is 0 Å². The molecule has 2 aromatic rings. The molecule has 0 radical (unpaired) electrons. The molecule has 2 atom stereocenters. The topological polar surface area (TPSA) is 69.6 Å². The van der Waals surface area contributed by atoms with E-state index in [0.717, 1.165) is 12.8 Å². The Hall–Kier alpha value is -1.98. The molecule has 112 valence electrons. The lowest BCUT2D eigenvalue weighted by Gasteiger charge is -2.28. The number of nitrogens with two attached hydrogens (primary N) is 1. The Balaban J connectivity index is 1.93. The van der Waals surface area contributed by atoms with E-state index in [4.69, 9.17) is 5.73 Å². The largest absolute Gasteiger partial charge is 0.399 e. The molecule has 3 rings (SSSR count). The van der Waals surface area contributed by atoms with E-state index >= 15 is 0 Å². The van der Waals surface area contributed by atoms with Crippen molar-refractivity contribution in [1.82, 2.24) is 20.2 Å². The molecule has 0 bridgehead atoms. The summed E-state index contributed by atoms with van der Waals surface area (Å²) in [6, 6.07) is 4.88. The molecule has 1 saturated carbocycles. The molecule has 1 heterocycles. The zero-order valence-electron chi connectivity index (χ0n) is 12.2. The molecule has 1 aromatic carbocycles. The summed E-state index contributed by atoms with van der Waals surface area (Å²) in [6.45, 7) is 2.22. The summed E-state index contributed by atoms with van der Waals surface area (Å²) >= 11 is 0. The number of hydrogen-bond acceptors (Lipinski definition) is 4. The molecular weight excluding hydrogens is 269 g/mol. The van der Waals surface area contributed by atoms with Gasteiger partial charge < -0.3 is 5.73 Å². The van der Waals surface area contributed by atoms with Gasteiger partial charge in [0, 0.05) is 5.69 Å². The minimum atomic E-state index is -0.381. The van der Waals surface area contributed by atoms with Crippen molar-refractivity contribution in [2.75, 3.05) is 5.73 Å². The molecule has 2 unspecified atom stereocenters. The van der Waals surface area contributed by atoms with E-state index < -0.39 is 0 Å². The maximum atomic E-state index is 14.1. The monoisotopic (exact) mass is 289 g/mol. The molecular formula is C15H20FN5. The summed E-state index contributed by atoms with van der Waals surface area (Å²) < 4.78 is 15.9. The molecule has 0 aliphatic heterocycles. The van der Waals surface area contributed by atoms with Crippen molar-refractivity contribution < 1.29 is 4.39 Å². The number of benzene rings is 1. The van der Waals surface area contributed by atoms with E-state index in [-0.39, 0.29) is 11.9 Å². The highest BCUT2D eigenvalue weighted by Gasteiger charge is 2.26. The Kier molecular flexibility index (Phi) is 3.86. The van der Waals surface area contributed by atoms with Gasteiger partial charge in [0.15, 0.2) is 5.82 Å². The van der Waals surface area contributed by atoms with Gasteiger partial charge in [0.25, 0.3) is 0 Å². The molecule has 0 spiro atoms. The third-order valence-corrected chi connectivity index (χ3v) is 4.41. The minimum absolute atomic E-state index is 0.255. The fourth-order valence-electron chi connectivity index (χ4n) is 3.19. The number of nitrogens with zero attached hydrogens (tertiary/aromatic N) is 4. The summed E-state index contributed by atoms with van der Waals surface area (Å²) in [4.78, 5) is 0. The van der Waals surface area contributed by atoms with Crippen LogP contribution in [-0.2, 0) is 0 Å². The first kappa shape index (κ1) is 14.0. The first-order chi connectivity index (χ1) is 10.2. The van der Waals surface area contributed by atoms with E-state index in [1.165, 1.54) is 25.3 Å². The molecule has 1 aliphatic rings. The highest BCUT2D eigenvalue weighted by Crippen LogP contribution is 2.35. The van der Waals surface area contributed by atoms with Gasteiger partial charge in [0.05, 0.1) is 11.6 Å². The van der Waals surface area contributed by atoms with Gasteiger partial charge in [-0.15, -0.1) is 5.10 Å². The maximum absolute atomic E-state index is 14.1. The average molecular weight is 289 g/mol. The van der Waals surface area contributed by atoms with E-state index in [9.17, 15) is 4.39 Å². The number of aromatic nitrogens is 4. The van der Waals surface area contributed by atoms with Gasteiger partial charge in [0.1, 0.15) is 5.82 Å². The average Bonchev–Trinajstić information content (AvgIpc) is 2.96. The van der Waals surface area contributed by atoms with Crippen LogP contribution < -0.4 is 5.73 Å². The van der Waals surface area contributed by atoms with Crippen LogP contribution in [0, 0.1) is 11.7 Å². The highest BCUT2D eigenvalue weighted by atomic mass is 19.1. The van der Waals surface area contributed by atoms with Crippen LogP contribution in [0.4, 0.5) is 10.1 Å². The molecule has 1 aromatic heterocycles. The normalized spacial score (nSPS) is 22.4. The Morgan fingerprint density at radius 2 is 2.24 bits per heavy atom. The van der Waals surface area contributed by atoms with Gasteiger partial charge in [-0.2, -0.15) is 0 Å². The number of hydrogen-bond donors (Lipinski definition) is 1. The second-order valence-electron chi connectivity index (χ2n) is 5.78. The standard InChI is InChI=1S/C15H20FN5/c1-2-10-4-3-5-12(8-10)21-15(18-19-20-21)13-7-6-11(17)9-14(13)16/h6-7,9-10,12H,2-5,8,17H2,1H3. The van der Waals surface area contributed by atoms with Gasteiger partial charge in [-0.1, -0.05) is 26.2 Å². The zero-order valence-corrected chi connectivity index (χ0v) is 12.2. The number of rotatable bonds is 3. The molecule has 5 nitrogen and oxygen atoms in total. The van der Waals surface area contributed by atoms with E-state index in [1.807, 2.05) is 0 Å². The number of nitrogen functional groups attached to an aromatic ring is 1. The predicted octanol–water partition coefficient (Wildman–Crippen LogP) is 3.20. The minimum Gasteiger partial charge on any atom is -0.399 e. The molecule has 2 N–H and O–H groups in total. The highest BCUT2D eigenvalue weighted by molar-refractivity contribution is 5.59. The molecule has 1 fully saturated rings. The fraction of sp³-hybridized carbons (Fsp3) is 0.533. The lowest BCUT2D eigenvalue weighted by Crippen LogP contribution is -2.21. The van der Waals surface area contributed by atoms with E-state index in [0.29, 0.717) is 23.0 Å². The lowest BCUT2D eigenvalue weighted by molar-refractivity contribution is 0.246. The van der Waals surface area contributed by atoms with E-state index in [1.54, 1.807) is 16.8 Å². The lowest BCUT2D eigenvalue weighted by atomic mass is 9.84. The zero-order chi connectivity index (χ0) is 14.8. The van der Waals surface area contributed by atoms with Gasteiger partial charge in [-0.25, -0.2) is 9.07 Å².